The van der Waals surface area contributed by atoms with Gasteiger partial charge in [0.1, 0.15) is 0 Å². The number of nitrogens with zero attached hydrogens (tertiary/aromatic N) is 1. The maximum absolute atomic E-state index is 12.6. The molecule has 1 saturated carbocycles. The van der Waals surface area contributed by atoms with E-state index in [2.05, 4.69) is 5.32 Å². The van der Waals surface area contributed by atoms with E-state index < -0.39 is 11.8 Å². The highest BCUT2D eigenvalue weighted by Crippen LogP contribution is 2.43. The van der Waals surface area contributed by atoms with Crippen molar-refractivity contribution < 1.29 is 13.6 Å². The third-order valence-corrected chi connectivity index (χ3v) is 3.67. The third kappa shape index (κ3) is 1.53. The molecule has 4 rings (SSSR count). The Balaban J connectivity index is 1.57. The van der Waals surface area contributed by atoms with Crippen molar-refractivity contribution in [2.75, 3.05) is 13.1 Å². The molecule has 0 aromatic rings. The lowest BCUT2D eigenvalue weighted by Gasteiger charge is -2.50. The van der Waals surface area contributed by atoms with Crippen LogP contribution in [0.25, 0.3) is 0 Å². The van der Waals surface area contributed by atoms with Crippen molar-refractivity contribution in [3.63, 3.8) is 0 Å². The van der Waals surface area contributed by atoms with Crippen molar-refractivity contribution in [3.05, 3.63) is 0 Å². The summed E-state index contributed by atoms with van der Waals surface area (Å²) in [5.74, 6) is -3.06. The zero-order chi connectivity index (χ0) is 10.6. The molecule has 2 unspecified atom stereocenters. The van der Waals surface area contributed by atoms with Gasteiger partial charge >= 0.3 is 0 Å². The Hall–Kier alpha value is -0.710. The van der Waals surface area contributed by atoms with Crippen molar-refractivity contribution in [3.8, 4) is 0 Å². The van der Waals surface area contributed by atoms with Crippen LogP contribution in [0.3, 0.4) is 0 Å². The Labute approximate surface area is 86.8 Å². The Bertz CT molecular complexity index is 284. The summed E-state index contributed by atoms with van der Waals surface area (Å²) < 4.78 is 25.2. The largest absolute Gasteiger partial charge is 0.339 e. The molecule has 2 atom stereocenters. The van der Waals surface area contributed by atoms with Gasteiger partial charge in [-0.05, 0) is 6.42 Å². The normalized spacial score (nSPS) is 38.1. The Morgan fingerprint density at radius 1 is 1.27 bits per heavy atom. The number of hydrogen-bond acceptors (Lipinski definition) is 2. The molecule has 3 saturated heterocycles. The van der Waals surface area contributed by atoms with Gasteiger partial charge in [-0.15, -0.1) is 0 Å². The van der Waals surface area contributed by atoms with E-state index in [-0.39, 0.29) is 18.7 Å². The van der Waals surface area contributed by atoms with Crippen LogP contribution in [0.2, 0.25) is 0 Å². The zero-order valence-corrected chi connectivity index (χ0v) is 8.38. The molecule has 0 spiro atoms. The molecule has 3 nitrogen and oxygen atoms in total. The van der Waals surface area contributed by atoms with Gasteiger partial charge in [0.25, 0.3) is 0 Å². The van der Waals surface area contributed by atoms with Crippen molar-refractivity contribution in [2.45, 2.75) is 37.3 Å². The molecule has 0 aromatic carbocycles. The molecule has 1 N–H and O–H groups in total. The first-order valence-electron chi connectivity index (χ1n) is 5.46. The van der Waals surface area contributed by atoms with Crippen LogP contribution in [0.4, 0.5) is 8.78 Å². The lowest BCUT2D eigenvalue weighted by Crippen LogP contribution is -2.68. The van der Waals surface area contributed by atoms with Crippen molar-refractivity contribution in [1.82, 2.24) is 10.2 Å². The number of fused-ring (bicyclic) bond motifs is 2. The minimum Gasteiger partial charge on any atom is -0.339 e. The van der Waals surface area contributed by atoms with Gasteiger partial charge in [0.15, 0.2) is 0 Å². The van der Waals surface area contributed by atoms with Gasteiger partial charge in [-0.25, -0.2) is 8.78 Å². The minimum absolute atomic E-state index is 0.0582. The summed E-state index contributed by atoms with van der Waals surface area (Å²) in [4.78, 5) is 13.6. The van der Waals surface area contributed by atoms with Crippen molar-refractivity contribution >= 4 is 5.91 Å². The number of rotatable bonds is 1. The van der Waals surface area contributed by atoms with E-state index >= 15 is 0 Å². The van der Waals surface area contributed by atoms with Gasteiger partial charge in [0, 0.05) is 43.9 Å². The molecule has 0 radical (unpaired) electrons. The third-order valence-electron chi connectivity index (χ3n) is 3.67. The number of piperazine rings is 1. The maximum atomic E-state index is 12.6. The number of nitrogens with one attached hydrogen (secondary N) is 1. The molecular formula is C10H14F2N2O. The van der Waals surface area contributed by atoms with Crippen LogP contribution in [0.1, 0.15) is 19.3 Å². The number of piperidine rings is 1. The molecule has 3 heterocycles. The highest BCUT2D eigenvalue weighted by Gasteiger charge is 2.51. The molecule has 2 bridgehead atoms. The van der Waals surface area contributed by atoms with Gasteiger partial charge in [-0.3, -0.25) is 4.79 Å². The fourth-order valence-electron chi connectivity index (χ4n) is 2.79. The fourth-order valence-corrected chi connectivity index (χ4v) is 2.79. The van der Waals surface area contributed by atoms with E-state index in [0.29, 0.717) is 25.2 Å². The number of halogens is 2. The van der Waals surface area contributed by atoms with Crippen LogP contribution in [0, 0.1) is 5.92 Å². The predicted octanol–water partition coefficient (Wildman–Crippen LogP) is 0.604. The monoisotopic (exact) mass is 216 g/mol. The average Bonchev–Trinajstić information content (AvgIpc) is 2.12. The van der Waals surface area contributed by atoms with E-state index in [1.54, 1.807) is 4.90 Å². The molecule has 1 aliphatic carbocycles. The summed E-state index contributed by atoms with van der Waals surface area (Å²) in [5, 5.41) is 3.31. The molecule has 3 aliphatic heterocycles. The number of alkyl halides is 2. The molecule has 5 heteroatoms. The summed E-state index contributed by atoms with van der Waals surface area (Å²) in [5.41, 5.74) is 0. The SMILES string of the molecule is O=C(C1CC(F)(F)C1)N1CC2CC(C1)N2. The van der Waals surface area contributed by atoms with Crippen LogP contribution in [-0.2, 0) is 4.79 Å². The quantitative estimate of drug-likeness (QED) is 0.696. The molecule has 84 valence electrons. The Morgan fingerprint density at radius 3 is 2.27 bits per heavy atom. The van der Waals surface area contributed by atoms with Crippen LogP contribution in [0.15, 0.2) is 0 Å². The summed E-state index contributed by atoms with van der Waals surface area (Å²) in [6.07, 6.45) is 0.640. The first kappa shape index (κ1) is 9.51. The summed E-state index contributed by atoms with van der Waals surface area (Å²) >= 11 is 0. The lowest BCUT2D eigenvalue weighted by atomic mass is 9.79. The van der Waals surface area contributed by atoms with Crippen molar-refractivity contribution in [2.24, 2.45) is 5.92 Å². The first-order chi connectivity index (χ1) is 7.03. The van der Waals surface area contributed by atoms with Gasteiger partial charge in [-0.1, -0.05) is 0 Å². The second kappa shape index (κ2) is 2.90. The van der Waals surface area contributed by atoms with Gasteiger partial charge in [0.2, 0.25) is 11.8 Å². The summed E-state index contributed by atoms with van der Waals surface area (Å²) in [6.45, 7) is 1.41. The van der Waals surface area contributed by atoms with Crippen LogP contribution < -0.4 is 5.32 Å². The van der Waals surface area contributed by atoms with Gasteiger partial charge in [-0.2, -0.15) is 0 Å². The van der Waals surface area contributed by atoms with E-state index in [4.69, 9.17) is 0 Å². The van der Waals surface area contributed by atoms with E-state index in [0.717, 1.165) is 6.42 Å². The number of carbonyl (C=O) groups is 1. The van der Waals surface area contributed by atoms with Crippen LogP contribution in [0.5, 0.6) is 0 Å². The topological polar surface area (TPSA) is 32.3 Å². The second-order valence-electron chi connectivity index (χ2n) is 5.00. The molecular weight excluding hydrogens is 202 g/mol. The number of carbonyl (C=O) groups excluding carboxylic acids is 1. The summed E-state index contributed by atoms with van der Waals surface area (Å²) in [6, 6.07) is 0.821. The van der Waals surface area contributed by atoms with E-state index in [1.165, 1.54) is 0 Å². The average molecular weight is 216 g/mol. The highest BCUT2D eigenvalue weighted by atomic mass is 19.3. The number of amides is 1. The minimum atomic E-state index is -2.59. The molecule has 1 amide bonds. The lowest BCUT2D eigenvalue weighted by molar-refractivity contribution is -0.163. The maximum Gasteiger partial charge on any atom is 0.249 e. The Kier molecular flexibility index (Phi) is 1.84. The molecule has 4 fully saturated rings. The highest BCUT2D eigenvalue weighted by molar-refractivity contribution is 5.80. The molecule has 4 aliphatic rings. The number of hydrogen-bond donors (Lipinski definition) is 1. The van der Waals surface area contributed by atoms with E-state index in [9.17, 15) is 13.6 Å². The molecule has 15 heavy (non-hydrogen) atoms. The van der Waals surface area contributed by atoms with Crippen LogP contribution in [-0.4, -0.2) is 41.9 Å². The standard InChI is InChI=1S/C10H14F2N2O/c11-10(12)2-6(3-10)9(15)14-4-7-1-8(5-14)13-7/h6-8,13H,1-5H2. The zero-order valence-electron chi connectivity index (χ0n) is 8.38. The van der Waals surface area contributed by atoms with E-state index in [1.807, 2.05) is 0 Å². The first-order valence-corrected chi connectivity index (χ1v) is 5.46. The Morgan fingerprint density at radius 2 is 1.80 bits per heavy atom. The van der Waals surface area contributed by atoms with Gasteiger partial charge in [0.05, 0.1) is 0 Å². The summed E-state index contributed by atoms with van der Waals surface area (Å²) in [7, 11) is 0. The fraction of sp³-hybridized carbons (Fsp3) is 0.900. The van der Waals surface area contributed by atoms with Gasteiger partial charge < -0.3 is 10.2 Å². The smallest absolute Gasteiger partial charge is 0.249 e. The molecule has 0 aromatic heterocycles. The van der Waals surface area contributed by atoms with Crippen LogP contribution >= 0.6 is 0 Å². The second-order valence-corrected chi connectivity index (χ2v) is 5.00. The van der Waals surface area contributed by atoms with Crippen molar-refractivity contribution in [1.29, 1.82) is 0 Å². The predicted molar refractivity (Wildman–Crippen MR) is 49.6 cm³/mol.